The van der Waals surface area contributed by atoms with Gasteiger partial charge < -0.3 is 9.64 Å². The monoisotopic (exact) mass is 463 g/mol. The summed E-state index contributed by atoms with van der Waals surface area (Å²) in [5.74, 6) is -0.373. The molecule has 7 heteroatoms. The first-order valence-electron chi connectivity index (χ1n) is 11.9. The maximum Gasteiger partial charge on any atom is 0.257 e. The summed E-state index contributed by atoms with van der Waals surface area (Å²) in [5, 5.41) is 4.74. The lowest BCUT2D eigenvalue weighted by atomic mass is 9.60. The van der Waals surface area contributed by atoms with Gasteiger partial charge in [-0.3, -0.25) is 9.48 Å². The molecule has 1 aromatic heterocycles. The maximum atomic E-state index is 13.7. The van der Waals surface area contributed by atoms with Gasteiger partial charge in [-0.25, -0.2) is 8.78 Å². The Hall–Kier alpha value is -3.22. The second-order valence-corrected chi connectivity index (χ2v) is 10.3. The molecule has 2 saturated carbocycles. The number of benzene rings is 2. The fraction of sp³-hybridized carbons (Fsp3) is 0.407. The Morgan fingerprint density at radius 3 is 2.44 bits per heavy atom. The fourth-order valence-electron chi connectivity index (χ4n) is 5.49. The molecule has 1 aliphatic heterocycles. The van der Waals surface area contributed by atoms with Gasteiger partial charge in [0, 0.05) is 30.1 Å². The maximum absolute atomic E-state index is 13.7. The molecule has 3 fully saturated rings. The molecule has 6 rings (SSSR count). The highest BCUT2D eigenvalue weighted by atomic mass is 19.1. The third kappa shape index (κ3) is 3.67. The summed E-state index contributed by atoms with van der Waals surface area (Å²) in [6.45, 7) is 5.27. The quantitative estimate of drug-likeness (QED) is 0.505. The van der Waals surface area contributed by atoms with Gasteiger partial charge >= 0.3 is 0 Å². The van der Waals surface area contributed by atoms with Crippen molar-refractivity contribution in [2.24, 2.45) is 5.41 Å². The number of aromatic nitrogens is 2. The number of nitrogens with zero attached hydrogens (tertiary/aromatic N) is 3. The summed E-state index contributed by atoms with van der Waals surface area (Å²) in [5.41, 5.74) is 4.37. The van der Waals surface area contributed by atoms with Crippen molar-refractivity contribution in [3.63, 3.8) is 0 Å². The van der Waals surface area contributed by atoms with Crippen LogP contribution in [0.3, 0.4) is 0 Å². The molecule has 2 aromatic carbocycles. The van der Waals surface area contributed by atoms with Gasteiger partial charge in [-0.1, -0.05) is 0 Å². The largest absolute Gasteiger partial charge is 0.489 e. The van der Waals surface area contributed by atoms with E-state index < -0.39 is 5.82 Å². The van der Waals surface area contributed by atoms with Crippen molar-refractivity contribution in [3.8, 4) is 17.0 Å². The van der Waals surface area contributed by atoms with E-state index in [4.69, 9.17) is 9.84 Å². The lowest BCUT2D eigenvalue weighted by Gasteiger charge is -2.59. The number of amides is 1. The zero-order valence-electron chi connectivity index (χ0n) is 19.4. The zero-order valence-corrected chi connectivity index (χ0v) is 19.4. The molecule has 5 nitrogen and oxygen atoms in total. The van der Waals surface area contributed by atoms with Crippen LogP contribution in [0.5, 0.6) is 5.75 Å². The van der Waals surface area contributed by atoms with E-state index in [1.807, 2.05) is 24.8 Å². The minimum Gasteiger partial charge on any atom is -0.489 e. The van der Waals surface area contributed by atoms with Crippen LogP contribution in [-0.4, -0.2) is 39.8 Å². The molecule has 1 amide bonds. The highest BCUT2D eigenvalue weighted by Crippen LogP contribution is 2.55. The predicted octanol–water partition coefficient (Wildman–Crippen LogP) is 5.46. The van der Waals surface area contributed by atoms with Crippen molar-refractivity contribution in [2.45, 2.75) is 51.7 Å². The van der Waals surface area contributed by atoms with Gasteiger partial charge in [0.25, 0.3) is 5.91 Å². The van der Waals surface area contributed by atoms with E-state index in [-0.39, 0.29) is 29.3 Å². The molecule has 1 spiro atoms. The van der Waals surface area contributed by atoms with Crippen molar-refractivity contribution < 1.29 is 18.3 Å². The van der Waals surface area contributed by atoms with E-state index in [1.165, 1.54) is 24.3 Å². The summed E-state index contributed by atoms with van der Waals surface area (Å²) in [6, 6.07) is 11.3. The van der Waals surface area contributed by atoms with Crippen LogP contribution in [0, 0.1) is 30.9 Å². The molecular weight excluding hydrogens is 436 g/mol. The van der Waals surface area contributed by atoms with Crippen LogP contribution in [0.4, 0.5) is 8.78 Å². The van der Waals surface area contributed by atoms with Crippen LogP contribution < -0.4 is 4.74 Å². The van der Waals surface area contributed by atoms with Gasteiger partial charge in [-0.2, -0.15) is 5.10 Å². The summed E-state index contributed by atoms with van der Waals surface area (Å²) in [6.07, 6.45) is 3.88. The summed E-state index contributed by atoms with van der Waals surface area (Å²) in [7, 11) is 0. The molecule has 0 unspecified atom stereocenters. The number of halogens is 2. The molecule has 0 radical (unpaired) electrons. The van der Waals surface area contributed by atoms with Crippen LogP contribution in [0.15, 0.2) is 42.5 Å². The Kier molecular flexibility index (Phi) is 4.80. The lowest BCUT2D eigenvalue weighted by Crippen LogP contribution is -2.63. The van der Waals surface area contributed by atoms with Gasteiger partial charge in [0.2, 0.25) is 0 Å². The molecular formula is C27H27F2N3O2. The van der Waals surface area contributed by atoms with E-state index >= 15 is 0 Å². The first-order valence-corrected chi connectivity index (χ1v) is 11.9. The molecule has 1 saturated heterocycles. The van der Waals surface area contributed by atoms with E-state index in [0.29, 0.717) is 24.4 Å². The van der Waals surface area contributed by atoms with E-state index in [2.05, 4.69) is 10.7 Å². The van der Waals surface area contributed by atoms with E-state index in [1.54, 1.807) is 6.07 Å². The van der Waals surface area contributed by atoms with Crippen LogP contribution in [0.1, 0.15) is 53.3 Å². The van der Waals surface area contributed by atoms with Crippen molar-refractivity contribution in [2.75, 3.05) is 13.1 Å². The minimum atomic E-state index is -0.393. The second-order valence-electron chi connectivity index (χ2n) is 10.3. The first-order chi connectivity index (χ1) is 16.3. The minimum absolute atomic E-state index is 0.0951. The number of carbonyl (C=O) groups is 1. The van der Waals surface area contributed by atoms with Crippen LogP contribution in [0.25, 0.3) is 11.3 Å². The number of likely N-dealkylation sites (tertiary alicyclic amines) is 1. The molecule has 2 heterocycles. The van der Waals surface area contributed by atoms with Crippen molar-refractivity contribution in [1.29, 1.82) is 0 Å². The highest BCUT2D eigenvalue weighted by molar-refractivity contribution is 5.97. The number of aryl methyl sites for hydroxylation is 2. The SMILES string of the molecule is Cc1cc(-c2ccc(F)cc2C)n(C2CC3(C2)CN(C(=O)c2ccc(F)cc2OC2CC2)C3)n1. The molecule has 2 aliphatic carbocycles. The summed E-state index contributed by atoms with van der Waals surface area (Å²) in [4.78, 5) is 15.0. The molecule has 0 bridgehead atoms. The first kappa shape index (κ1) is 21.3. The number of hydrogen-bond donors (Lipinski definition) is 0. The molecule has 3 aliphatic rings. The molecule has 34 heavy (non-hydrogen) atoms. The number of ether oxygens (including phenoxy) is 1. The zero-order chi connectivity index (χ0) is 23.6. The molecule has 3 aromatic rings. The predicted molar refractivity (Wildman–Crippen MR) is 124 cm³/mol. The average Bonchev–Trinajstić information content (AvgIpc) is 3.46. The van der Waals surface area contributed by atoms with Gasteiger partial charge in [-0.05, 0) is 81.5 Å². The normalized spacial score (nSPS) is 19.1. The van der Waals surface area contributed by atoms with Crippen LogP contribution >= 0.6 is 0 Å². The Morgan fingerprint density at radius 1 is 1.03 bits per heavy atom. The van der Waals surface area contributed by atoms with E-state index in [0.717, 1.165) is 48.2 Å². The smallest absolute Gasteiger partial charge is 0.257 e. The summed E-state index contributed by atoms with van der Waals surface area (Å²) >= 11 is 0. The topological polar surface area (TPSA) is 47.4 Å². The Bertz CT molecular complexity index is 1280. The molecule has 176 valence electrons. The van der Waals surface area contributed by atoms with Crippen molar-refractivity contribution >= 4 is 5.91 Å². The Morgan fingerprint density at radius 2 is 1.74 bits per heavy atom. The summed E-state index contributed by atoms with van der Waals surface area (Å²) < 4.78 is 35.2. The van der Waals surface area contributed by atoms with Crippen LogP contribution in [-0.2, 0) is 0 Å². The third-order valence-corrected chi connectivity index (χ3v) is 7.34. The van der Waals surface area contributed by atoms with Gasteiger partial charge in [0.15, 0.2) is 0 Å². The van der Waals surface area contributed by atoms with Crippen LogP contribution in [0.2, 0.25) is 0 Å². The third-order valence-electron chi connectivity index (χ3n) is 7.34. The number of hydrogen-bond acceptors (Lipinski definition) is 3. The number of carbonyl (C=O) groups excluding carboxylic acids is 1. The average molecular weight is 464 g/mol. The van der Waals surface area contributed by atoms with Gasteiger partial charge in [0.1, 0.15) is 17.4 Å². The van der Waals surface area contributed by atoms with Crippen molar-refractivity contribution in [1.82, 2.24) is 14.7 Å². The highest BCUT2D eigenvalue weighted by Gasteiger charge is 2.55. The Labute approximate surface area is 197 Å². The molecule has 0 N–H and O–H groups in total. The van der Waals surface area contributed by atoms with Gasteiger partial charge in [-0.15, -0.1) is 0 Å². The van der Waals surface area contributed by atoms with Gasteiger partial charge in [0.05, 0.1) is 29.1 Å². The number of rotatable bonds is 5. The molecule has 0 atom stereocenters. The van der Waals surface area contributed by atoms with Crippen molar-refractivity contribution in [3.05, 3.63) is 70.9 Å². The fourth-order valence-corrected chi connectivity index (χ4v) is 5.49. The standard InChI is InChI=1S/C27H27F2N3O2/c1-16-9-18(28)3-7-22(16)24-10-17(2)30-32(24)20-12-27(13-20)14-31(15-27)26(33)23-8-4-19(29)11-25(23)34-21-5-6-21/h3-4,7-11,20-21H,5-6,12-15H2,1-2H3. The Balaban J connectivity index is 1.15. The second kappa shape index (κ2) is 7.65. The lowest BCUT2D eigenvalue weighted by molar-refractivity contribution is -0.0735. The van der Waals surface area contributed by atoms with E-state index in [9.17, 15) is 13.6 Å².